The summed E-state index contributed by atoms with van der Waals surface area (Å²) in [5.41, 5.74) is 7.10. The van der Waals surface area contributed by atoms with Crippen LogP contribution in [0, 0.1) is 18.7 Å². The summed E-state index contributed by atoms with van der Waals surface area (Å²) in [4.78, 5) is 40.5. The second-order valence-electron chi connectivity index (χ2n) is 12.6. The maximum atomic E-state index is 13.7. The fraction of sp³-hybridized carbons (Fsp3) is 0.531. The molecule has 3 N–H and O–H groups in total. The van der Waals surface area contributed by atoms with E-state index >= 15 is 0 Å². The fourth-order valence-corrected chi connectivity index (χ4v) is 6.59. The lowest BCUT2D eigenvalue weighted by molar-refractivity contribution is -0.130. The van der Waals surface area contributed by atoms with Gasteiger partial charge in [0.2, 0.25) is 11.8 Å². The van der Waals surface area contributed by atoms with Crippen LogP contribution in [0.5, 0.6) is 0 Å². The highest BCUT2D eigenvalue weighted by atomic mass is 32.2. The highest BCUT2D eigenvalue weighted by Crippen LogP contribution is 2.43. The van der Waals surface area contributed by atoms with Crippen LogP contribution in [0.4, 0.5) is 9.18 Å². The minimum atomic E-state index is -0.604. The molecule has 2 aromatic carbocycles. The van der Waals surface area contributed by atoms with Gasteiger partial charge in [0.1, 0.15) is 17.5 Å². The van der Waals surface area contributed by atoms with Crippen LogP contribution in [0.15, 0.2) is 47.4 Å². The molecule has 43 heavy (non-hydrogen) atoms. The molecule has 2 aliphatic heterocycles. The number of hydrogen-bond donors (Lipinski definition) is 2. The molecule has 3 atom stereocenters. The van der Waals surface area contributed by atoms with Crippen LogP contribution in [-0.2, 0) is 14.3 Å². The monoisotopic (exact) mass is 613 g/mol. The average molecular weight is 614 g/mol. The number of nitrogens with two attached hydrogens (primary N) is 1. The number of fused-ring (bicyclic) bond motifs is 2. The van der Waals surface area contributed by atoms with E-state index in [1.165, 1.54) is 9.80 Å². The lowest BCUT2D eigenvalue weighted by Crippen LogP contribution is -2.54. The molecular weight excluding hydrogens is 569 g/mol. The minimum absolute atomic E-state index is 0.0502. The number of piperazine rings is 1. The normalized spacial score (nSPS) is 22.1. The van der Waals surface area contributed by atoms with Gasteiger partial charge in [-0.1, -0.05) is 24.3 Å². The van der Waals surface area contributed by atoms with Crippen molar-refractivity contribution in [2.75, 3.05) is 39.8 Å². The van der Waals surface area contributed by atoms with E-state index in [0.29, 0.717) is 5.56 Å². The Morgan fingerprint density at radius 3 is 2.28 bits per heavy atom. The maximum Gasteiger partial charge on any atom is 0.411 e. The molecule has 5 rings (SSSR count). The number of aryl methyl sites for hydroxylation is 1. The molecule has 2 unspecified atom stereocenters. The summed E-state index contributed by atoms with van der Waals surface area (Å²) < 4.78 is 21.5. The number of halogens is 1. The van der Waals surface area contributed by atoms with Gasteiger partial charge in [-0.15, -0.1) is 0 Å². The largest absolute Gasteiger partial charge is 0.444 e. The second kappa shape index (κ2) is 14.1. The smallest absolute Gasteiger partial charge is 0.411 e. The first kappa shape index (κ1) is 32.8. The zero-order chi connectivity index (χ0) is 31.3. The average Bonchev–Trinajstić information content (AvgIpc) is 3.57. The van der Waals surface area contributed by atoms with Gasteiger partial charge in [0, 0.05) is 37.1 Å². The van der Waals surface area contributed by atoms with Crippen molar-refractivity contribution in [2.24, 2.45) is 11.7 Å². The highest BCUT2D eigenvalue weighted by Gasteiger charge is 2.52. The van der Waals surface area contributed by atoms with E-state index in [0.717, 1.165) is 56.6 Å². The van der Waals surface area contributed by atoms with Crippen molar-refractivity contribution in [3.05, 3.63) is 53.8 Å². The van der Waals surface area contributed by atoms with Crippen molar-refractivity contribution in [3.63, 3.8) is 0 Å². The Balaban J connectivity index is 0.000000197. The van der Waals surface area contributed by atoms with Crippen LogP contribution in [0.2, 0.25) is 0 Å². The summed E-state index contributed by atoms with van der Waals surface area (Å²) in [6.45, 7) is 11.4. The lowest BCUT2D eigenvalue weighted by atomic mass is 9.98. The molecule has 234 valence electrons. The topological polar surface area (TPSA) is 108 Å². The van der Waals surface area contributed by atoms with Gasteiger partial charge in [0.15, 0.2) is 0 Å². The standard InChI is InChI=1S/C18H21FN2S.C14H23N3O4/c1-14-3-4-16(13-18(14)19)15-5-7-17(8-6-15)22-21-11-9-20(2)10-12-21;1-14(2,3)21-13(20)17-9-5-4-8(6-9)11(17)12(19)16-7-10(15)18/h3-8,13H,9-12H2,1-2H3;8-9,11H,4-7H2,1-3H3,(H2,15,18)(H,16,19)/t;8?,9?,11-/m.0/s1. The van der Waals surface area contributed by atoms with Crippen molar-refractivity contribution < 1.29 is 23.5 Å². The van der Waals surface area contributed by atoms with Gasteiger partial charge < -0.3 is 20.7 Å². The number of hydrogen-bond acceptors (Lipinski definition) is 7. The maximum absolute atomic E-state index is 13.7. The Morgan fingerprint density at radius 2 is 1.67 bits per heavy atom. The van der Waals surface area contributed by atoms with Gasteiger partial charge in [-0.05, 0) is 107 Å². The second-order valence-corrected chi connectivity index (χ2v) is 13.7. The quantitative estimate of drug-likeness (QED) is 0.464. The van der Waals surface area contributed by atoms with E-state index in [1.54, 1.807) is 33.8 Å². The molecule has 1 aliphatic carbocycles. The van der Waals surface area contributed by atoms with E-state index in [4.69, 9.17) is 10.5 Å². The summed E-state index contributed by atoms with van der Waals surface area (Å²) in [7, 11) is 2.16. The molecule has 2 aromatic rings. The number of piperidine rings is 1. The SMILES string of the molecule is CC(C)(C)OC(=O)N1C2CCC(C2)[C@H]1C(=O)NCC(N)=O.Cc1ccc(-c2ccc(SN3CCN(C)CC3)cc2)cc1F. The number of likely N-dealkylation sites (N-methyl/N-ethyl adjacent to an activating group) is 1. The minimum Gasteiger partial charge on any atom is -0.444 e. The Hall–Kier alpha value is -3.15. The van der Waals surface area contributed by atoms with Crippen molar-refractivity contribution in [2.45, 2.75) is 69.5 Å². The molecule has 0 spiro atoms. The molecule has 3 amide bonds. The van der Waals surface area contributed by atoms with E-state index in [9.17, 15) is 18.8 Å². The van der Waals surface area contributed by atoms with Crippen LogP contribution >= 0.6 is 11.9 Å². The Bertz CT molecular complexity index is 1290. The number of carbonyl (C=O) groups excluding carboxylic acids is 3. The summed E-state index contributed by atoms with van der Waals surface area (Å²) >= 11 is 1.81. The molecule has 11 heteroatoms. The van der Waals surface area contributed by atoms with Gasteiger partial charge in [-0.3, -0.25) is 14.5 Å². The number of nitrogens with one attached hydrogen (secondary N) is 1. The molecule has 0 radical (unpaired) electrons. The van der Waals surface area contributed by atoms with E-state index < -0.39 is 23.6 Å². The zero-order valence-electron chi connectivity index (χ0n) is 25.8. The molecule has 0 aromatic heterocycles. The van der Waals surface area contributed by atoms with E-state index in [2.05, 4.69) is 45.8 Å². The van der Waals surface area contributed by atoms with E-state index in [1.807, 2.05) is 24.1 Å². The summed E-state index contributed by atoms with van der Waals surface area (Å²) in [5.74, 6) is -0.939. The van der Waals surface area contributed by atoms with Crippen molar-refractivity contribution >= 4 is 29.9 Å². The number of rotatable bonds is 6. The molecular formula is C32H44FN5O4S. The molecule has 2 saturated heterocycles. The van der Waals surface area contributed by atoms with Crippen molar-refractivity contribution in [3.8, 4) is 11.1 Å². The van der Waals surface area contributed by atoms with Gasteiger partial charge in [0.05, 0.1) is 6.54 Å². The van der Waals surface area contributed by atoms with Crippen LogP contribution in [-0.4, -0.2) is 89.5 Å². The summed E-state index contributed by atoms with van der Waals surface area (Å²) in [6.07, 6.45) is 2.16. The summed E-state index contributed by atoms with van der Waals surface area (Å²) in [6, 6.07) is 13.3. The first-order valence-corrected chi connectivity index (χ1v) is 15.6. The number of primary amides is 1. The predicted molar refractivity (Wildman–Crippen MR) is 167 cm³/mol. The first-order chi connectivity index (χ1) is 20.3. The number of ether oxygens (including phenoxy) is 1. The Kier molecular flexibility index (Phi) is 10.7. The van der Waals surface area contributed by atoms with Gasteiger partial charge in [-0.25, -0.2) is 13.5 Å². The van der Waals surface area contributed by atoms with Crippen molar-refractivity contribution in [1.82, 2.24) is 19.4 Å². The molecule has 9 nitrogen and oxygen atoms in total. The molecule has 3 fully saturated rings. The van der Waals surface area contributed by atoms with Crippen LogP contribution in [0.1, 0.15) is 45.6 Å². The zero-order valence-corrected chi connectivity index (χ0v) is 26.6. The number of amides is 3. The van der Waals surface area contributed by atoms with Crippen LogP contribution in [0.3, 0.4) is 0 Å². The van der Waals surface area contributed by atoms with Gasteiger partial charge in [0.25, 0.3) is 0 Å². The number of likely N-dealkylation sites (tertiary alicyclic amines) is 1. The third-order valence-corrected chi connectivity index (χ3v) is 9.06. The van der Waals surface area contributed by atoms with Crippen LogP contribution in [0.25, 0.3) is 11.1 Å². The molecule has 3 aliphatic rings. The highest BCUT2D eigenvalue weighted by molar-refractivity contribution is 7.97. The van der Waals surface area contributed by atoms with Gasteiger partial charge in [-0.2, -0.15) is 0 Å². The first-order valence-electron chi connectivity index (χ1n) is 14.9. The summed E-state index contributed by atoms with van der Waals surface area (Å²) in [5, 5.41) is 2.49. The molecule has 2 heterocycles. The number of carbonyl (C=O) groups is 3. The number of nitrogens with zero attached hydrogens (tertiary/aromatic N) is 3. The third kappa shape index (κ3) is 8.93. The Labute approximate surface area is 258 Å². The third-order valence-electron chi connectivity index (χ3n) is 7.95. The van der Waals surface area contributed by atoms with Crippen LogP contribution < -0.4 is 11.1 Å². The van der Waals surface area contributed by atoms with Crippen molar-refractivity contribution in [1.29, 1.82) is 0 Å². The number of benzene rings is 2. The molecule has 2 bridgehead atoms. The van der Waals surface area contributed by atoms with E-state index in [-0.39, 0.29) is 30.2 Å². The Morgan fingerprint density at radius 1 is 1.02 bits per heavy atom. The fourth-order valence-electron chi connectivity index (χ4n) is 5.69. The lowest BCUT2D eigenvalue weighted by Gasteiger charge is -2.35. The molecule has 1 saturated carbocycles. The predicted octanol–water partition coefficient (Wildman–Crippen LogP) is 4.43. The van der Waals surface area contributed by atoms with Gasteiger partial charge >= 0.3 is 6.09 Å².